The summed E-state index contributed by atoms with van der Waals surface area (Å²) in [4.78, 5) is 23.7. The number of hydrogen-bond donors (Lipinski definition) is 0. The van der Waals surface area contributed by atoms with Gasteiger partial charge in [-0.1, -0.05) is 29.3 Å². The molecule has 2 heterocycles. The van der Waals surface area contributed by atoms with E-state index in [1.54, 1.807) is 17.2 Å². The van der Waals surface area contributed by atoms with E-state index in [1.165, 1.54) is 14.2 Å². The van der Waals surface area contributed by atoms with Gasteiger partial charge in [0.1, 0.15) is 22.9 Å². The zero-order valence-corrected chi connectivity index (χ0v) is 23.6. The van der Waals surface area contributed by atoms with E-state index < -0.39 is 11.7 Å². The van der Waals surface area contributed by atoms with Crippen LogP contribution >= 0.6 is 23.2 Å². The highest BCUT2D eigenvalue weighted by Crippen LogP contribution is 2.46. The molecule has 3 aromatic rings. The summed E-state index contributed by atoms with van der Waals surface area (Å²) < 4.78 is 16.3. The predicted molar refractivity (Wildman–Crippen MR) is 147 cm³/mol. The summed E-state index contributed by atoms with van der Waals surface area (Å²) in [6.07, 6.45) is 2.93. The minimum Gasteiger partial charge on any atom is -0.495 e. The molecule has 200 valence electrons. The summed E-state index contributed by atoms with van der Waals surface area (Å²) in [6.45, 7) is 5.99. The molecule has 10 heteroatoms. The Balaban J connectivity index is 1.57. The van der Waals surface area contributed by atoms with Gasteiger partial charge in [-0.25, -0.2) is 14.8 Å². The molecule has 0 spiro atoms. The van der Waals surface area contributed by atoms with Crippen LogP contribution in [-0.4, -0.2) is 53.4 Å². The highest BCUT2D eigenvalue weighted by molar-refractivity contribution is 6.41. The maximum absolute atomic E-state index is 12.7. The van der Waals surface area contributed by atoms with Crippen molar-refractivity contribution in [3.8, 4) is 28.7 Å². The fourth-order valence-corrected chi connectivity index (χ4v) is 5.45. The second kappa shape index (κ2) is 11.2. The van der Waals surface area contributed by atoms with Gasteiger partial charge in [0.15, 0.2) is 0 Å². The van der Waals surface area contributed by atoms with Gasteiger partial charge in [0.05, 0.1) is 42.3 Å². The van der Waals surface area contributed by atoms with E-state index in [0.717, 1.165) is 16.5 Å². The molecule has 1 saturated heterocycles. The summed E-state index contributed by atoms with van der Waals surface area (Å²) in [5, 5.41) is 10.9. The van der Waals surface area contributed by atoms with Crippen LogP contribution in [0.15, 0.2) is 30.5 Å². The molecule has 1 aromatic heterocycles. The summed E-state index contributed by atoms with van der Waals surface area (Å²) in [5.41, 5.74) is 1.56. The van der Waals surface area contributed by atoms with Crippen LogP contribution in [0.2, 0.25) is 10.0 Å². The molecule has 4 rings (SSSR count). The quantitative estimate of drug-likeness (QED) is 0.333. The molecule has 0 aliphatic carbocycles. The fourth-order valence-electron chi connectivity index (χ4n) is 4.73. The highest BCUT2D eigenvalue weighted by atomic mass is 35.5. The van der Waals surface area contributed by atoms with Crippen molar-refractivity contribution in [3.05, 3.63) is 46.3 Å². The number of rotatable bonds is 6. The molecule has 38 heavy (non-hydrogen) atoms. The van der Waals surface area contributed by atoms with Crippen LogP contribution in [0, 0.1) is 17.2 Å². The largest absolute Gasteiger partial charge is 0.495 e. The molecule has 0 bridgehead atoms. The highest BCUT2D eigenvalue weighted by Gasteiger charge is 2.37. The topological polar surface area (TPSA) is 97.6 Å². The minimum absolute atomic E-state index is 0.124. The number of carbonyl (C=O) groups excluding carboxylic acids is 1. The molecule has 1 aliphatic heterocycles. The third-order valence-electron chi connectivity index (χ3n) is 6.42. The lowest BCUT2D eigenvalue weighted by atomic mass is 10.00. The van der Waals surface area contributed by atoms with Crippen LogP contribution < -0.4 is 9.47 Å². The maximum atomic E-state index is 12.7. The normalized spacial score (nSPS) is 17.4. The summed E-state index contributed by atoms with van der Waals surface area (Å²) >= 11 is 13.2. The first-order valence-corrected chi connectivity index (χ1v) is 13.0. The first-order valence-electron chi connectivity index (χ1n) is 12.3. The van der Waals surface area contributed by atoms with Gasteiger partial charge < -0.3 is 19.1 Å². The molecule has 0 unspecified atom stereocenters. The zero-order valence-electron chi connectivity index (χ0n) is 22.0. The molecule has 0 saturated carbocycles. The Morgan fingerprint density at radius 2 is 1.84 bits per heavy atom. The molecule has 8 nitrogen and oxygen atoms in total. The van der Waals surface area contributed by atoms with E-state index in [-0.39, 0.29) is 18.4 Å². The fraction of sp³-hybridized carbons (Fsp3) is 0.429. The Morgan fingerprint density at radius 3 is 2.45 bits per heavy atom. The van der Waals surface area contributed by atoms with Crippen molar-refractivity contribution >= 4 is 40.2 Å². The van der Waals surface area contributed by atoms with Gasteiger partial charge in [-0.15, -0.1) is 0 Å². The Morgan fingerprint density at radius 1 is 1.16 bits per heavy atom. The second-order valence-corrected chi connectivity index (χ2v) is 11.1. The first kappa shape index (κ1) is 27.7. The van der Waals surface area contributed by atoms with E-state index in [2.05, 4.69) is 11.1 Å². The van der Waals surface area contributed by atoms with Crippen molar-refractivity contribution in [3.63, 3.8) is 0 Å². The van der Waals surface area contributed by atoms with Gasteiger partial charge in [-0.3, -0.25) is 0 Å². The number of fused-ring (bicyclic) bond motifs is 1. The van der Waals surface area contributed by atoms with E-state index in [4.69, 9.17) is 42.4 Å². The predicted octanol–water partition coefficient (Wildman–Crippen LogP) is 6.70. The van der Waals surface area contributed by atoms with Crippen molar-refractivity contribution in [2.45, 2.75) is 51.7 Å². The number of amides is 1. The maximum Gasteiger partial charge on any atom is 0.410 e. The molecular weight excluding hydrogens is 527 g/mol. The number of likely N-dealkylation sites (tertiary alicyclic amines) is 1. The number of nitriles is 1. The smallest absolute Gasteiger partial charge is 0.410 e. The molecule has 1 fully saturated rings. The van der Waals surface area contributed by atoms with Crippen molar-refractivity contribution in [2.24, 2.45) is 5.92 Å². The van der Waals surface area contributed by atoms with Gasteiger partial charge in [-0.2, -0.15) is 5.26 Å². The van der Waals surface area contributed by atoms with E-state index in [1.807, 2.05) is 39.0 Å². The van der Waals surface area contributed by atoms with Gasteiger partial charge in [0.2, 0.25) is 0 Å². The number of hydrogen-bond acceptors (Lipinski definition) is 7. The Bertz CT molecular complexity index is 1370. The Labute approximate surface area is 232 Å². The molecule has 1 aliphatic rings. The molecule has 2 aromatic carbocycles. The van der Waals surface area contributed by atoms with Crippen LogP contribution in [0.25, 0.3) is 22.0 Å². The van der Waals surface area contributed by atoms with Gasteiger partial charge in [0.25, 0.3) is 0 Å². The number of methoxy groups -OCH3 is 2. The van der Waals surface area contributed by atoms with Gasteiger partial charge >= 0.3 is 6.09 Å². The lowest BCUT2D eigenvalue weighted by Gasteiger charge is -2.27. The molecular formula is C28H30Cl2N4O4. The van der Waals surface area contributed by atoms with Crippen LogP contribution in [0.4, 0.5) is 4.79 Å². The number of nitrogens with zero attached hydrogens (tertiary/aromatic N) is 4. The molecule has 0 radical (unpaired) electrons. The molecule has 0 N–H and O–H groups in total. The number of halogens is 2. The lowest BCUT2D eigenvalue weighted by molar-refractivity contribution is 0.0224. The average Bonchev–Trinajstić information content (AvgIpc) is 3.26. The van der Waals surface area contributed by atoms with Crippen LogP contribution in [-0.2, 0) is 11.2 Å². The first-order chi connectivity index (χ1) is 18.0. The van der Waals surface area contributed by atoms with Gasteiger partial charge in [0, 0.05) is 42.2 Å². The summed E-state index contributed by atoms with van der Waals surface area (Å²) in [7, 11) is 3.07. The number of ether oxygens (including phenoxy) is 3. The van der Waals surface area contributed by atoms with Crippen molar-refractivity contribution in [2.75, 3.05) is 20.8 Å². The number of aromatic nitrogens is 2. The van der Waals surface area contributed by atoms with Crippen molar-refractivity contribution in [1.29, 1.82) is 5.26 Å². The van der Waals surface area contributed by atoms with Crippen LogP contribution in [0.1, 0.15) is 39.4 Å². The third kappa shape index (κ3) is 5.90. The third-order valence-corrected chi connectivity index (χ3v) is 7.17. The van der Waals surface area contributed by atoms with E-state index in [9.17, 15) is 10.1 Å². The van der Waals surface area contributed by atoms with Crippen molar-refractivity contribution < 1.29 is 19.0 Å². The number of benzene rings is 2. The standard InChI is InChI=1S/C28H30Cl2N4O4/c1-28(2,3)38-27(35)34-15-16(10-19(34)8-9-31)11-23-32-14-18-12-17(6-7-20(18)33-23)24-25(29)21(36-4)13-22(37-5)26(24)30/h6-7,12-14,16,19H,8,10-11,15H2,1-5H3/t16-,19-/m1/s1. The van der Waals surface area contributed by atoms with Crippen LogP contribution in [0.3, 0.4) is 0 Å². The second-order valence-electron chi connectivity index (χ2n) is 10.3. The van der Waals surface area contributed by atoms with E-state index >= 15 is 0 Å². The lowest BCUT2D eigenvalue weighted by Crippen LogP contribution is -2.39. The molecule has 1 amide bonds. The molecule has 2 atom stereocenters. The summed E-state index contributed by atoms with van der Waals surface area (Å²) in [6, 6.07) is 9.38. The zero-order chi connectivity index (χ0) is 27.6. The monoisotopic (exact) mass is 556 g/mol. The van der Waals surface area contributed by atoms with Crippen molar-refractivity contribution in [1.82, 2.24) is 14.9 Å². The minimum atomic E-state index is -0.600. The average molecular weight is 557 g/mol. The Kier molecular flexibility index (Phi) is 8.19. The van der Waals surface area contributed by atoms with Crippen LogP contribution in [0.5, 0.6) is 11.5 Å². The van der Waals surface area contributed by atoms with E-state index in [0.29, 0.717) is 52.3 Å². The Hall–Kier alpha value is -3.28. The SMILES string of the molecule is COc1cc(OC)c(Cl)c(-c2ccc3nc(C[C@H]4C[C@@H](CC#N)N(C(=O)OC(C)(C)C)C4)ncc3c2)c1Cl. The summed E-state index contributed by atoms with van der Waals surface area (Å²) in [5.74, 6) is 1.72. The van der Waals surface area contributed by atoms with Gasteiger partial charge in [-0.05, 0) is 50.8 Å². The number of carbonyl (C=O) groups is 1.